The Morgan fingerprint density at radius 2 is 1.88 bits per heavy atom. The molecular weight excluding hydrogens is 316 g/mol. The zero-order valence-electron chi connectivity index (χ0n) is 12.7. The van der Waals surface area contributed by atoms with E-state index in [2.05, 4.69) is 15.5 Å². The van der Waals surface area contributed by atoms with Crippen LogP contribution in [0.15, 0.2) is 18.2 Å². The first-order valence-corrected chi connectivity index (χ1v) is 7.90. The summed E-state index contributed by atoms with van der Waals surface area (Å²) in [6, 6.07) is 5.44. The molecule has 126 valence electrons. The van der Waals surface area contributed by atoms with E-state index in [0.29, 0.717) is 31.4 Å². The predicted molar refractivity (Wildman–Crippen MR) is 78.8 cm³/mol. The van der Waals surface area contributed by atoms with Gasteiger partial charge in [-0.25, -0.2) is 4.68 Å². The Morgan fingerprint density at radius 1 is 1.04 bits per heavy atom. The van der Waals surface area contributed by atoms with Gasteiger partial charge in [-0.05, 0) is 28.6 Å². The molecule has 4 atom stereocenters. The van der Waals surface area contributed by atoms with Gasteiger partial charge in [0.25, 0.3) is 0 Å². The Kier molecular flexibility index (Phi) is 3.18. The van der Waals surface area contributed by atoms with E-state index in [1.165, 1.54) is 0 Å². The Bertz CT molecular complexity index is 766. The molecule has 9 heteroatoms. The minimum Gasteiger partial charge on any atom is -0.486 e. The van der Waals surface area contributed by atoms with Gasteiger partial charge >= 0.3 is 0 Å². The molecule has 0 unspecified atom stereocenters. The highest BCUT2D eigenvalue weighted by molar-refractivity contribution is 5.61. The zero-order valence-corrected chi connectivity index (χ0v) is 12.7. The molecule has 0 amide bonds. The SMILES string of the molecule is O[C@@H]1CO[C@H]2[C@H]1OC[C@H]2n1nnnc1-c1ccc2c(c1)OCCO2. The van der Waals surface area contributed by atoms with Gasteiger partial charge < -0.3 is 24.1 Å². The van der Waals surface area contributed by atoms with Crippen molar-refractivity contribution in [1.29, 1.82) is 0 Å². The lowest BCUT2D eigenvalue weighted by atomic mass is 10.1. The number of tetrazole rings is 1. The highest BCUT2D eigenvalue weighted by atomic mass is 16.6. The Labute approximate surface area is 137 Å². The van der Waals surface area contributed by atoms with Crippen molar-refractivity contribution >= 4 is 0 Å². The van der Waals surface area contributed by atoms with Crippen LogP contribution in [0.2, 0.25) is 0 Å². The van der Waals surface area contributed by atoms with Crippen LogP contribution >= 0.6 is 0 Å². The summed E-state index contributed by atoms with van der Waals surface area (Å²) in [7, 11) is 0. The summed E-state index contributed by atoms with van der Waals surface area (Å²) >= 11 is 0. The van der Waals surface area contributed by atoms with Crippen LogP contribution < -0.4 is 9.47 Å². The van der Waals surface area contributed by atoms with Gasteiger partial charge in [0, 0.05) is 5.56 Å². The van der Waals surface area contributed by atoms with Crippen LogP contribution in [0.4, 0.5) is 0 Å². The molecule has 0 aliphatic carbocycles. The molecule has 4 heterocycles. The molecule has 0 spiro atoms. The first-order valence-electron chi connectivity index (χ1n) is 7.90. The van der Waals surface area contributed by atoms with E-state index in [0.717, 1.165) is 11.3 Å². The van der Waals surface area contributed by atoms with Crippen molar-refractivity contribution in [3.05, 3.63) is 18.2 Å². The average molecular weight is 332 g/mol. The van der Waals surface area contributed by atoms with Gasteiger partial charge in [-0.2, -0.15) is 0 Å². The number of benzene rings is 1. The van der Waals surface area contributed by atoms with Gasteiger partial charge in [-0.3, -0.25) is 0 Å². The smallest absolute Gasteiger partial charge is 0.182 e. The summed E-state index contributed by atoms with van der Waals surface area (Å²) in [6.07, 6.45) is -1.18. The average Bonchev–Trinajstić information content (AvgIpc) is 3.32. The lowest BCUT2D eigenvalue weighted by Gasteiger charge is -2.20. The predicted octanol–water partition coefficient (Wildman–Crippen LogP) is -0.189. The molecule has 1 N–H and O–H groups in total. The maximum Gasteiger partial charge on any atom is 0.182 e. The number of rotatable bonds is 2. The number of aliphatic hydroxyl groups is 1. The lowest BCUT2D eigenvalue weighted by Crippen LogP contribution is -2.30. The number of nitrogens with zero attached hydrogens (tertiary/aromatic N) is 4. The van der Waals surface area contributed by atoms with Crippen LogP contribution in [0, 0.1) is 0 Å². The van der Waals surface area contributed by atoms with E-state index in [4.69, 9.17) is 18.9 Å². The molecule has 3 aliphatic heterocycles. The van der Waals surface area contributed by atoms with E-state index < -0.39 is 6.10 Å². The van der Waals surface area contributed by atoms with Crippen LogP contribution in [0.1, 0.15) is 6.04 Å². The third-order valence-electron chi connectivity index (χ3n) is 4.61. The monoisotopic (exact) mass is 332 g/mol. The summed E-state index contributed by atoms with van der Waals surface area (Å²) in [6.45, 7) is 1.74. The molecule has 2 fully saturated rings. The number of hydrogen-bond donors (Lipinski definition) is 1. The third-order valence-corrected chi connectivity index (χ3v) is 4.61. The summed E-state index contributed by atoms with van der Waals surface area (Å²) in [5, 5.41) is 22.0. The second-order valence-electron chi connectivity index (χ2n) is 6.04. The first-order chi connectivity index (χ1) is 11.8. The molecule has 0 radical (unpaired) electrons. The summed E-state index contributed by atoms with van der Waals surface area (Å²) < 4.78 is 24.2. The fourth-order valence-corrected chi connectivity index (χ4v) is 3.46. The highest BCUT2D eigenvalue weighted by Crippen LogP contribution is 2.37. The van der Waals surface area contributed by atoms with Gasteiger partial charge in [0.1, 0.15) is 37.6 Å². The maximum atomic E-state index is 9.89. The molecule has 5 rings (SSSR count). The standard InChI is InChI=1S/C15H16N4O5/c20-10-7-24-13-9(6-23-14(10)13)19-15(16-17-18-19)8-1-2-11-12(5-8)22-4-3-21-11/h1-2,5,9-10,13-14,20H,3-4,6-7H2/t9-,10-,13-,14+/m1/s1. The van der Waals surface area contributed by atoms with Gasteiger partial charge in [-0.1, -0.05) is 0 Å². The number of fused-ring (bicyclic) bond motifs is 2. The summed E-state index contributed by atoms with van der Waals surface area (Å²) in [5.74, 6) is 2.00. The topological polar surface area (TPSA) is 101 Å². The first kappa shape index (κ1) is 14.1. The van der Waals surface area contributed by atoms with Crippen molar-refractivity contribution in [2.45, 2.75) is 24.4 Å². The lowest BCUT2D eigenvalue weighted by molar-refractivity contribution is 0.0169. The molecule has 24 heavy (non-hydrogen) atoms. The minimum atomic E-state index is -0.603. The Morgan fingerprint density at radius 3 is 2.79 bits per heavy atom. The largest absolute Gasteiger partial charge is 0.486 e. The maximum absolute atomic E-state index is 9.89. The van der Waals surface area contributed by atoms with Crippen LogP contribution in [-0.2, 0) is 9.47 Å². The van der Waals surface area contributed by atoms with Crippen molar-refractivity contribution in [3.63, 3.8) is 0 Å². The highest BCUT2D eigenvalue weighted by Gasteiger charge is 2.49. The van der Waals surface area contributed by atoms with Gasteiger partial charge in [-0.15, -0.1) is 5.10 Å². The number of hydrogen-bond acceptors (Lipinski definition) is 8. The fraction of sp³-hybridized carbons (Fsp3) is 0.533. The normalized spacial score (nSPS) is 31.2. The second kappa shape index (κ2) is 5.40. The molecule has 1 aromatic heterocycles. The second-order valence-corrected chi connectivity index (χ2v) is 6.04. The van der Waals surface area contributed by atoms with Crippen molar-refractivity contribution < 1.29 is 24.1 Å². The van der Waals surface area contributed by atoms with Crippen molar-refractivity contribution in [3.8, 4) is 22.9 Å². The van der Waals surface area contributed by atoms with Crippen LogP contribution in [0.5, 0.6) is 11.5 Å². The number of aromatic nitrogens is 4. The van der Waals surface area contributed by atoms with E-state index in [9.17, 15) is 5.11 Å². The Balaban J connectivity index is 1.50. The van der Waals surface area contributed by atoms with E-state index in [1.54, 1.807) is 4.68 Å². The van der Waals surface area contributed by atoms with Crippen LogP contribution in [-0.4, -0.2) is 70.1 Å². The molecular formula is C15H16N4O5. The number of ether oxygens (including phenoxy) is 4. The quantitative estimate of drug-likeness (QED) is 0.808. The van der Waals surface area contributed by atoms with Gasteiger partial charge in [0.05, 0.1) is 13.2 Å². The minimum absolute atomic E-state index is 0.176. The fourth-order valence-electron chi connectivity index (χ4n) is 3.46. The number of aliphatic hydroxyl groups excluding tert-OH is 1. The van der Waals surface area contributed by atoms with Crippen LogP contribution in [0.25, 0.3) is 11.4 Å². The molecule has 0 saturated carbocycles. The van der Waals surface area contributed by atoms with Crippen molar-refractivity contribution in [1.82, 2.24) is 20.2 Å². The zero-order chi connectivity index (χ0) is 16.1. The van der Waals surface area contributed by atoms with Crippen molar-refractivity contribution in [2.24, 2.45) is 0 Å². The van der Waals surface area contributed by atoms with E-state index in [-0.39, 0.29) is 24.9 Å². The molecule has 0 bridgehead atoms. The molecule has 3 aliphatic rings. The van der Waals surface area contributed by atoms with E-state index in [1.807, 2.05) is 18.2 Å². The summed E-state index contributed by atoms with van der Waals surface area (Å²) in [5.41, 5.74) is 0.825. The molecule has 2 saturated heterocycles. The molecule has 1 aromatic carbocycles. The van der Waals surface area contributed by atoms with Gasteiger partial charge in [0.2, 0.25) is 0 Å². The van der Waals surface area contributed by atoms with Crippen molar-refractivity contribution in [2.75, 3.05) is 26.4 Å². The molecule has 2 aromatic rings. The summed E-state index contributed by atoms with van der Waals surface area (Å²) in [4.78, 5) is 0. The Hall–Kier alpha value is -2.23. The third kappa shape index (κ3) is 2.09. The van der Waals surface area contributed by atoms with E-state index >= 15 is 0 Å². The van der Waals surface area contributed by atoms with Crippen LogP contribution in [0.3, 0.4) is 0 Å². The molecule has 9 nitrogen and oxygen atoms in total. The van der Waals surface area contributed by atoms with Gasteiger partial charge in [0.15, 0.2) is 17.3 Å².